The Kier molecular flexibility index (Phi) is 5.23. The lowest BCUT2D eigenvalue weighted by Gasteiger charge is -2.34. The van der Waals surface area contributed by atoms with E-state index in [-0.39, 0.29) is 18.6 Å². The fraction of sp³-hybridized carbons (Fsp3) is 0.588. The average molecular weight is 290 g/mol. The van der Waals surface area contributed by atoms with Crippen molar-refractivity contribution in [1.29, 1.82) is 0 Å². The van der Waals surface area contributed by atoms with Crippen LogP contribution in [0.25, 0.3) is 0 Å². The van der Waals surface area contributed by atoms with E-state index in [1.807, 2.05) is 43.9 Å². The molecule has 0 saturated carbocycles. The zero-order valence-electron chi connectivity index (χ0n) is 13.3. The van der Waals surface area contributed by atoms with Crippen LogP contribution in [0, 0.1) is 19.8 Å². The molecular weight excluding hydrogens is 264 g/mol. The number of benzene rings is 1. The molecule has 1 aromatic carbocycles. The van der Waals surface area contributed by atoms with Gasteiger partial charge >= 0.3 is 0 Å². The number of ether oxygens (including phenoxy) is 1. The third kappa shape index (κ3) is 3.97. The van der Waals surface area contributed by atoms with Crippen molar-refractivity contribution in [2.75, 3.05) is 19.7 Å². The summed E-state index contributed by atoms with van der Waals surface area (Å²) in [7, 11) is 0. The molecule has 0 spiro atoms. The highest BCUT2D eigenvalue weighted by atomic mass is 16.5. The predicted octanol–water partition coefficient (Wildman–Crippen LogP) is 2.27. The molecule has 0 radical (unpaired) electrons. The first-order valence-electron chi connectivity index (χ1n) is 7.71. The van der Waals surface area contributed by atoms with E-state index in [2.05, 4.69) is 0 Å². The summed E-state index contributed by atoms with van der Waals surface area (Å²) in [5.41, 5.74) is 8.09. The number of hydrogen-bond acceptors (Lipinski definition) is 3. The fourth-order valence-electron chi connectivity index (χ4n) is 2.92. The van der Waals surface area contributed by atoms with Crippen molar-refractivity contribution >= 4 is 5.91 Å². The number of nitrogens with zero attached hydrogens (tertiary/aromatic N) is 1. The van der Waals surface area contributed by atoms with Gasteiger partial charge in [-0.3, -0.25) is 4.79 Å². The topological polar surface area (TPSA) is 55.6 Å². The van der Waals surface area contributed by atoms with Gasteiger partial charge < -0.3 is 15.4 Å². The third-order valence-electron chi connectivity index (χ3n) is 4.30. The second-order valence-corrected chi connectivity index (χ2v) is 6.11. The summed E-state index contributed by atoms with van der Waals surface area (Å²) >= 11 is 0. The molecule has 116 valence electrons. The molecule has 1 saturated heterocycles. The lowest BCUT2D eigenvalue weighted by molar-refractivity contribution is -0.135. The lowest BCUT2D eigenvalue weighted by Crippen LogP contribution is -2.46. The van der Waals surface area contributed by atoms with E-state index in [0.717, 1.165) is 42.8 Å². The summed E-state index contributed by atoms with van der Waals surface area (Å²) in [6.45, 7) is 7.70. The molecule has 2 rings (SSSR count). The fourth-order valence-corrected chi connectivity index (χ4v) is 2.92. The Morgan fingerprint density at radius 2 is 2.10 bits per heavy atom. The number of carbonyl (C=O) groups excluding carboxylic acids is 1. The third-order valence-corrected chi connectivity index (χ3v) is 4.30. The summed E-state index contributed by atoms with van der Waals surface area (Å²) in [6.07, 6.45) is 2.14. The molecule has 2 atom stereocenters. The molecule has 0 aromatic heterocycles. The van der Waals surface area contributed by atoms with Crippen LogP contribution in [-0.2, 0) is 4.79 Å². The first-order valence-corrected chi connectivity index (χ1v) is 7.71. The van der Waals surface area contributed by atoms with Crippen LogP contribution >= 0.6 is 0 Å². The Morgan fingerprint density at radius 3 is 2.71 bits per heavy atom. The highest BCUT2D eigenvalue weighted by molar-refractivity contribution is 5.78. The van der Waals surface area contributed by atoms with Gasteiger partial charge in [0, 0.05) is 19.1 Å². The smallest absolute Gasteiger partial charge is 0.260 e. The SMILES string of the molecule is Cc1cccc(C)c1OCC(=O)N1CCCC(C(C)N)C1. The molecule has 1 aliphatic rings. The van der Waals surface area contributed by atoms with Gasteiger partial charge in [-0.05, 0) is 50.7 Å². The monoisotopic (exact) mass is 290 g/mol. The van der Waals surface area contributed by atoms with E-state index >= 15 is 0 Å². The van der Waals surface area contributed by atoms with Gasteiger partial charge in [0.05, 0.1) is 0 Å². The van der Waals surface area contributed by atoms with Crippen LogP contribution in [0.4, 0.5) is 0 Å². The molecule has 2 N–H and O–H groups in total. The molecule has 1 aliphatic heterocycles. The minimum atomic E-state index is 0.0583. The molecule has 4 nitrogen and oxygen atoms in total. The number of likely N-dealkylation sites (tertiary alicyclic amines) is 1. The molecule has 1 fully saturated rings. The molecule has 2 unspecified atom stereocenters. The van der Waals surface area contributed by atoms with Crippen LogP contribution in [0.3, 0.4) is 0 Å². The van der Waals surface area contributed by atoms with E-state index < -0.39 is 0 Å². The Bertz CT molecular complexity index is 479. The Hall–Kier alpha value is -1.55. The number of piperidine rings is 1. The summed E-state index contributed by atoms with van der Waals surface area (Å²) < 4.78 is 5.76. The zero-order valence-corrected chi connectivity index (χ0v) is 13.3. The van der Waals surface area contributed by atoms with E-state index in [4.69, 9.17) is 10.5 Å². The number of rotatable bonds is 4. The van der Waals surface area contributed by atoms with Crippen molar-refractivity contribution in [2.45, 2.75) is 39.7 Å². The number of amides is 1. The standard InChI is InChI=1S/C17H26N2O2/c1-12-6-4-7-13(2)17(12)21-11-16(20)19-9-5-8-15(10-19)14(3)18/h4,6-7,14-15H,5,8-11,18H2,1-3H3. The van der Waals surface area contributed by atoms with E-state index in [1.54, 1.807) is 0 Å². The van der Waals surface area contributed by atoms with Crippen LogP contribution in [0.1, 0.15) is 30.9 Å². The van der Waals surface area contributed by atoms with Gasteiger partial charge in [0.2, 0.25) is 0 Å². The van der Waals surface area contributed by atoms with Crippen LogP contribution < -0.4 is 10.5 Å². The van der Waals surface area contributed by atoms with Crippen molar-refractivity contribution in [3.05, 3.63) is 29.3 Å². The van der Waals surface area contributed by atoms with Crippen LogP contribution in [0.5, 0.6) is 5.75 Å². The molecule has 0 aliphatic carbocycles. The minimum absolute atomic E-state index is 0.0583. The van der Waals surface area contributed by atoms with Gasteiger partial charge in [-0.1, -0.05) is 18.2 Å². The number of para-hydroxylation sites is 1. The van der Waals surface area contributed by atoms with Gasteiger partial charge in [-0.15, -0.1) is 0 Å². The first kappa shape index (κ1) is 15.8. The lowest BCUT2D eigenvalue weighted by atomic mass is 9.92. The zero-order chi connectivity index (χ0) is 15.4. The molecule has 21 heavy (non-hydrogen) atoms. The summed E-state index contributed by atoms with van der Waals surface area (Å²) in [5.74, 6) is 1.29. The number of hydrogen-bond donors (Lipinski definition) is 1. The van der Waals surface area contributed by atoms with Gasteiger partial charge in [-0.2, -0.15) is 0 Å². The highest BCUT2D eigenvalue weighted by Gasteiger charge is 2.26. The maximum atomic E-state index is 12.3. The van der Waals surface area contributed by atoms with Crippen molar-refractivity contribution in [3.8, 4) is 5.75 Å². The van der Waals surface area contributed by atoms with Crippen molar-refractivity contribution < 1.29 is 9.53 Å². The Balaban J connectivity index is 1.93. The summed E-state index contributed by atoms with van der Waals surface area (Å²) in [6, 6.07) is 6.14. The molecule has 1 aromatic rings. The minimum Gasteiger partial charge on any atom is -0.483 e. The predicted molar refractivity (Wildman–Crippen MR) is 84.4 cm³/mol. The second kappa shape index (κ2) is 6.94. The van der Waals surface area contributed by atoms with Crippen LogP contribution in [-0.4, -0.2) is 36.5 Å². The quantitative estimate of drug-likeness (QED) is 0.925. The molecule has 1 heterocycles. The maximum absolute atomic E-state index is 12.3. The van der Waals surface area contributed by atoms with Gasteiger partial charge in [0.1, 0.15) is 5.75 Å². The second-order valence-electron chi connectivity index (χ2n) is 6.11. The van der Waals surface area contributed by atoms with Gasteiger partial charge in [0.25, 0.3) is 5.91 Å². The normalized spacial score (nSPS) is 20.2. The molecular formula is C17H26N2O2. The van der Waals surface area contributed by atoms with Gasteiger partial charge in [-0.25, -0.2) is 0 Å². The number of nitrogens with two attached hydrogens (primary N) is 1. The number of aryl methyl sites for hydroxylation is 2. The van der Waals surface area contributed by atoms with Crippen molar-refractivity contribution in [3.63, 3.8) is 0 Å². The van der Waals surface area contributed by atoms with Gasteiger partial charge in [0.15, 0.2) is 6.61 Å². The Morgan fingerprint density at radius 1 is 1.43 bits per heavy atom. The average Bonchev–Trinajstić information content (AvgIpc) is 2.46. The molecule has 4 heteroatoms. The summed E-state index contributed by atoms with van der Waals surface area (Å²) in [5, 5.41) is 0. The van der Waals surface area contributed by atoms with E-state index in [9.17, 15) is 4.79 Å². The van der Waals surface area contributed by atoms with Crippen LogP contribution in [0.2, 0.25) is 0 Å². The summed E-state index contributed by atoms with van der Waals surface area (Å²) in [4.78, 5) is 14.2. The molecule has 0 bridgehead atoms. The van der Waals surface area contributed by atoms with E-state index in [1.165, 1.54) is 0 Å². The highest BCUT2D eigenvalue weighted by Crippen LogP contribution is 2.23. The van der Waals surface area contributed by atoms with Crippen molar-refractivity contribution in [1.82, 2.24) is 4.90 Å². The first-order chi connectivity index (χ1) is 9.99. The Labute approximate surface area is 127 Å². The molecule has 1 amide bonds. The maximum Gasteiger partial charge on any atom is 0.260 e. The number of carbonyl (C=O) groups is 1. The van der Waals surface area contributed by atoms with Crippen molar-refractivity contribution in [2.24, 2.45) is 11.7 Å². The largest absolute Gasteiger partial charge is 0.483 e. The van der Waals surface area contributed by atoms with E-state index in [0.29, 0.717) is 5.92 Å². The van der Waals surface area contributed by atoms with Crippen LogP contribution in [0.15, 0.2) is 18.2 Å².